The number of hydrogen-bond donors (Lipinski definition) is 7. The van der Waals surface area contributed by atoms with Crippen LogP contribution >= 0.6 is 21.6 Å². The molecule has 1 aromatic heterocycles. The average molecular weight is 772 g/mol. The molecule has 13 nitrogen and oxygen atoms in total. The molecule has 2 saturated heterocycles. The largest absolute Gasteiger partial charge is 0.482 e. The average Bonchev–Trinajstić information content (AvgIpc) is 3.61. The molecule has 0 radical (unpaired) electrons. The van der Waals surface area contributed by atoms with E-state index >= 15 is 0 Å². The minimum Gasteiger partial charge on any atom is -0.482 e. The number of furan rings is 1. The first-order valence-electron chi connectivity index (χ1n) is 18.4. The van der Waals surface area contributed by atoms with Crippen LogP contribution in [0.15, 0.2) is 58.8 Å². The summed E-state index contributed by atoms with van der Waals surface area (Å²) < 4.78 is 32.4. The van der Waals surface area contributed by atoms with Crippen molar-refractivity contribution in [3.63, 3.8) is 0 Å². The Kier molecular flexibility index (Phi) is 8.67. The van der Waals surface area contributed by atoms with Gasteiger partial charge in [0.05, 0.1) is 37.4 Å². The van der Waals surface area contributed by atoms with Gasteiger partial charge in [-0.3, -0.25) is 4.79 Å². The SMILES string of the molecule is CCOC(=O)CCc1cc2ccoc2c2c1O[C@]13C=C4CC[C@@H](CNCCSS[C@@H]4[C@](CO)(O1)[C@@]1(O)[C@H](O)[C@]3(O)[C@H]3[C@@H]4C=C[C@@H](O)[C@@]3(CO)C=C[C@@H]41)O2. The molecule has 1 aromatic carbocycles. The zero-order valence-corrected chi connectivity index (χ0v) is 30.8. The molecule has 7 aliphatic rings. The maximum absolute atomic E-state index is 13.7. The topological polar surface area (TPSA) is 201 Å². The maximum atomic E-state index is 13.7. The third-order valence-electron chi connectivity index (χ3n) is 12.9. The van der Waals surface area contributed by atoms with E-state index in [2.05, 4.69) is 5.32 Å². The zero-order chi connectivity index (χ0) is 37.0. The van der Waals surface area contributed by atoms with Crippen molar-refractivity contribution in [2.75, 3.05) is 38.7 Å². The van der Waals surface area contributed by atoms with E-state index in [9.17, 15) is 35.4 Å². The van der Waals surface area contributed by atoms with Gasteiger partial charge in [0, 0.05) is 47.9 Å². The standard InChI is InChI=1S/C38H45NO12S2/c1-2-47-27(43)8-4-20-15-21-10-13-48-28(21)30-29(20)50-36-16-22-3-5-23(49-30)17-39-12-14-52-53-32(22)35(19-41,51-36)37(45)25-9-11-34(18-40)26(42)7-6-24(25)31(34)38(36,46)33(37)44/h6-7,9-11,13,15-16,23-26,31-33,39-42,44-46H,2-5,8,12,14,17-19H2,1H3/t23-,24+,25-,26+,31-,32-,33-,34-,35-,36+,37-,38+/m0/s1. The molecule has 2 aromatic rings. The Morgan fingerprint density at radius 3 is 2.75 bits per heavy atom. The van der Waals surface area contributed by atoms with Gasteiger partial charge in [0.25, 0.3) is 5.79 Å². The van der Waals surface area contributed by atoms with Gasteiger partial charge in [0.2, 0.25) is 5.75 Å². The summed E-state index contributed by atoms with van der Waals surface area (Å²) in [6, 6.07) is 3.58. The normalized spacial score (nSPS) is 43.6. The first-order chi connectivity index (χ1) is 25.5. The summed E-state index contributed by atoms with van der Waals surface area (Å²) in [4.78, 5) is 12.7. The van der Waals surface area contributed by atoms with E-state index in [4.69, 9.17) is 23.4 Å². The smallest absolute Gasteiger partial charge is 0.306 e. The van der Waals surface area contributed by atoms with E-state index in [1.54, 1.807) is 54.2 Å². The van der Waals surface area contributed by atoms with Crippen LogP contribution in [0.3, 0.4) is 0 Å². The lowest BCUT2D eigenvalue weighted by molar-refractivity contribution is -0.463. The summed E-state index contributed by atoms with van der Waals surface area (Å²) in [5, 5.41) is 77.7. The number of aliphatic hydroxyl groups excluding tert-OH is 4. The first kappa shape index (κ1) is 36.1. The van der Waals surface area contributed by atoms with E-state index in [1.807, 2.05) is 6.07 Å². The minimum absolute atomic E-state index is 0.0160. The lowest BCUT2D eigenvalue weighted by atomic mass is 9.39. The van der Waals surface area contributed by atoms with Crippen molar-refractivity contribution < 1.29 is 58.8 Å². The summed E-state index contributed by atoms with van der Waals surface area (Å²) in [5.74, 6) is -4.58. The molecule has 15 heteroatoms. The molecule has 1 saturated carbocycles. The van der Waals surface area contributed by atoms with Crippen LogP contribution in [0.1, 0.15) is 31.7 Å². The predicted octanol–water partition coefficient (Wildman–Crippen LogP) is 1.76. The molecule has 4 aliphatic heterocycles. The van der Waals surface area contributed by atoms with Gasteiger partial charge in [-0.15, -0.1) is 0 Å². The van der Waals surface area contributed by atoms with Crippen LogP contribution < -0.4 is 14.8 Å². The van der Waals surface area contributed by atoms with Crippen LogP contribution in [0.4, 0.5) is 0 Å². The van der Waals surface area contributed by atoms with Crippen LogP contribution in [-0.4, -0.2) is 121 Å². The second-order valence-corrected chi connectivity index (χ2v) is 17.9. The fraction of sp³-hybridized carbons (Fsp3) is 0.605. The fourth-order valence-corrected chi connectivity index (χ4v) is 13.5. The van der Waals surface area contributed by atoms with E-state index < -0.39 is 88.5 Å². The van der Waals surface area contributed by atoms with Crippen molar-refractivity contribution in [1.82, 2.24) is 5.32 Å². The number of fused-ring (bicyclic) bond motifs is 11. The number of carbonyl (C=O) groups is 1. The Morgan fingerprint density at radius 2 is 1.96 bits per heavy atom. The molecule has 7 N–H and O–H groups in total. The van der Waals surface area contributed by atoms with Crippen molar-refractivity contribution in [2.45, 2.75) is 78.8 Å². The molecule has 10 bridgehead atoms. The van der Waals surface area contributed by atoms with E-state index in [-0.39, 0.29) is 30.9 Å². The molecule has 5 heterocycles. The van der Waals surface area contributed by atoms with Gasteiger partial charge in [0.15, 0.2) is 16.9 Å². The molecule has 3 aliphatic carbocycles. The zero-order valence-electron chi connectivity index (χ0n) is 29.2. The lowest BCUT2D eigenvalue weighted by Gasteiger charge is -2.76. The fourth-order valence-electron chi connectivity index (χ4n) is 10.5. The van der Waals surface area contributed by atoms with Crippen molar-refractivity contribution >= 4 is 38.5 Å². The number of aliphatic hydroxyl groups is 6. The highest BCUT2D eigenvalue weighted by Gasteiger charge is 2.87. The first-order valence-corrected chi connectivity index (χ1v) is 20.8. The van der Waals surface area contributed by atoms with Gasteiger partial charge in [-0.25, -0.2) is 0 Å². The van der Waals surface area contributed by atoms with E-state index in [1.165, 1.54) is 17.1 Å². The molecular weight excluding hydrogens is 727 g/mol. The monoisotopic (exact) mass is 771 g/mol. The number of esters is 1. The van der Waals surface area contributed by atoms with E-state index in [0.717, 1.165) is 5.57 Å². The van der Waals surface area contributed by atoms with Gasteiger partial charge in [-0.1, -0.05) is 51.5 Å². The van der Waals surface area contributed by atoms with Gasteiger partial charge >= 0.3 is 5.97 Å². The number of ether oxygens (including phenoxy) is 4. The number of carbonyl (C=O) groups excluding carboxylic acids is 1. The van der Waals surface area contributed by atoms with Crippen molar-refractivity contribution in [3.8, 4) is 11.5 Å². The molecular formula is C38H45NO12S2. The molecule has 9 rings (SSSR count). The van der Waals surface area contributed by atoms with Crippen molar-refractivity contribution in [1.29, 1.82) is 0 Å². The number of rotatable bonds is 6. The third-order valence-corrected chi connectivity index (χ3v) is 15.8. The number of aryl methyl sites for hydroxylation is 1. The van der Waals surface area contributed by atoms with Crippen LogP contribution in [0.5, 0.6) is 11.5 Å². The van der Waals surface area contributed by atoms with Gasteiger partial charge in [-0.2, -0.15) is 0 Å². The molecule has 1 spiro atoms. The second kappa shape index (κ2) is 12.7. The van der Waals surface area contributed by atoms with Crippen LogP contribution in [-0.2, 0) is 20.7 Å². The number of nitrogens with one attached hydrogen (secondary N) is 1. The highest BCUT2D eigenvalue weighted by atomic mass is 33.1. The summed E-state index contributed by atoms with van der Waals surface area (Å²) in [6.07, 6.45) is 7.10. The lowest BCUT2D eigenvalue weighted by Crippen LogP contribution is -2.93. The summed E-state index contributed by atoms with van der Waals surface area (Å²) in [5.41, 5.74) is -6.70. The number of allylic oxidation sites excluding steroid dienone is 1. The summed E-state index contributed by atoms with van der Waals surface area (Å²) in [7, 11) is 2.98. The quantitative estimate of drug-likeness (QED) is 0.127. The Balaban J connectivity index is 1.36. The van der Waals surface area contributed by atoms with E-state index in [0.29, 0.717) is 48.2 Å². The van der Waals surface area contributed by atoms with Crippen LogP contribution in [0, 0.1) is 23.2 Å². The Bertz CT molecular complexity index is 1900. The van der Waals surface area contributed by atoms with Crippen molar-refractivity contribution in [3.05, 3.63) is 59.9 Å². The van der Waals surface area contributed by atoms with Gasteiger partial charge < -0.3 is 59.3 Å². The highest BCUT2D eigenvalue weighted by Crippen LogP contribution is 2.72. The molecule has 3 fully saturated rings. The third kappa shape index (κ3) is 4.66. The Morgan fingerprint density at radius 1 is 1.11 bits per heavy atom. The predicted molar refractivity (Wildman–Crippen MR) is 194 cm³/mol. The molecule has 0 unspecified atom stereocenters. The van der Waals surface area contributed by atoms with Crippen molar-refractivity contribution in [2.24, 2.45) is 23.2 Å². The maximum Gasteiger partial charge on any atom is 0.306 e. The van der Waals surface area contributed by atoms with Crippen LogP contribution in [0.25, 0.3) is 11.0 Å². The molecule has 12 atom stereocenters. The number of hydrogen-bond acceptors (Lipinski definition) is 15. The minimum atomic E-state index is -2.56. The summed E-state index contributed by atoms with van der Waals surface area (Å²) in [6.45, 7) is 1.71. The summed E-state index contributed by atoms with van der Waals surface area (Å²) >= 11 is 0. The van der Waals surface area contributed by atoms with Gasteiger partial charge in [-0.05, 0) is 55.9 Å². The Hall–Kier alpha value is -2.57. The van der Waals surface area contributed by atoms with Gasteiger partial charge in [0.1, 0.15) is 23.4 Å². The highest BCUT2D eigenvalue weighted by molar-refractivity contribution is 8.77. The Labute approximate surface area is 313 Å². The van der Waals surface area contributed by atoms with Crippen LogP contribution in [0.2, 0.25) is 0 Å². The number of benzene rings is 1. The molecule has 0 amide bonds. The molecule has 53 heavy (non-hydrogen) atoms. The second-order valence-electron chi connectivity index (χ2n) is 15.4. The molecule has 286 valence electrons.